The van der Waals surface area contributed by atoms with Crippen LogP contribution in [0.4, 0.5) is 14.5 Å². The highest BCUT2D eigenvalue weighted by molar-refractivity contribution is 7.92. The van der Waals surface area contributed by atoms with Crippen molar-refractivity contribution in [3.05, 3.63) is 82.4 Å². The lowest BCUT2D eigenvalue weighted by atomic mass is 10.0. The molecule has 0 aromatic heterocycles. The first-order valence-corrected chi connectivity index (χ1v) is 11.6. The van der Waals surface area contributed by atoms with Gasteiger partial charge in [-0.3, -0.25) is 9.10 Å². The highest BCUT2D eigenvalue weighted by Crippen LogP contribution is 2.35. The third-order valence-electron chi connectivity index (χ3n) is 4.98. The Morgan fingerprint density at radius 2 is 1.65 bits per heavy atom. The number of carbonyl (C=O) groups is 1. The number of rotatable bonds is 9. The number of carbonyl (C=O) groups excluding carboxylic acids is 1. The highest BCUT2D eigenvalue weighted by Gasteiger charge is 2.30. The fraction of sp³-hybridized carbons (Fsp3) is 0.174. The number of ether oxygens (including phenoxy) is 2. The molecule has 7 nitrogen and oxygen atoms in total. The first-order chi connectivity index (χ1) is 16.1. The van der Waals surface area contributed by atoms with E-state index < -0.39 is 34.1 Å². The van der Waals surface area contributed by atoms with E-state index in [1.807, 2.05) is 0 Å². The van der Waals surface area contributed by atoms with Gasteiger partial charge in [-0.15, -0.1) is 0 Å². The highest BCUT2D eigenvalue weighted by atomic mass is 35.5. The molecule has 0 fully saturated rings. The first-order valence-electron chi connectivity index (χ1n) is 9.83. The maximum Gasteiger partial charge on any atom is 0.264 e. The van der Waals surface area contributed by atoms with Gasteiger partial charge in [0.25, 0.3) is 10.0 Å². The van der Waals surface area contributed by atoms with E-state index >= 15 is 0 Å². The third kappa shape index (κ3) is 5.23. The van der Waals surface area contributed by atoms with Crippen LogP contribution in [0.3, 0.4) is 0 Å². The summed E-state index contributed by atoms with van der Waals surface area (Å²) in [5.41, 5.74) is 5.22. The maximum atomic E-state index is 14.3. The van der Waals surface area contributed by atoms with Crippen molar-refractivity contribution in [2.75, 3.05) is 25.1 Å². The second kappa shape index (κ2) is 10.3. The molecule has 0 spiro atoms. The molecule has 11 heteroatoms. The summed E-state index contributed by atoms with van der Waals surface area (Å²) in [6.07, 6.45) is -0.328. The van der Waals surface area contributed by atoms with Gasteiger partial charge in [0.15, 0.2) is 11.5 Å². The number of halogens is 3. The van der Waals surface area contributed by atoms with Crippen LogP contribution in [0.2, 0.25) is 5.02 Å². The SMILES string of the molecule is COc1ccc(S(=O)(=O)N(CC(N)=O)c2ccc(Cl)cc2Cc2c(F)cccc2F)cc1OC. The number of amides is 1. The van der Waals surface area contributed by atoms with E-state index in [9.17, 15) is 22.0 Å². The number of benzene rings is 3. The number of sulfonamides is 1. The molecular formula is C23H21ClF2N2O5S. The normalized spacial score (nSPS) is 11.2. The molecule has 180 valence electrons. The quantitative estimate of drug-likeness (QED) is 0.470. The Hall–Kier alpha value is -3.37. The van der Waals surface area contributed by atoms with Crippen molar-refractivity contribution >= 4 is 33.2 Å². The summed E-state index contributed by atoms with van der Waals surface area (Å²) in [5, 5.41) is 0.207. The molecule has 34 heavy (non-hydrogen) atoms. The summed E-state index contributed by atoms with van der Waals surface area (Å²) < 4.78 is 66.9. The van der Waals surface area contributed by atoms with Crippen molar-refractivity contribution in [1.29, 1.82) is 0 Å². The Kier molecular flexibility index (Phi) is 7.63. The Balaban J connectivity index is 2.18. The van der Waals surface area contributed by atoms with Gasteiger partial charge >= 0.3 is 0 Å². The molecule has 3 aromatic carbocycles. The fourth-order valence-electron chi connectivity index (χ4n) is 3.38. The molecule has 0 aliphatic carbocycles. The Morgan fingerprint density at radius 1 is 1.00 bits per heavy atom. The van der Waals surface area contributed by atoms with Gasteiger partial charge < -0.3 is 15.2 Å². The molecule has 0 aliphatic rings. The monoisotopic (exact) mass is 510 g/mol. The number of nitrogens with zero attached hydrogens (tertiary/aromatic N) is 1. The van der Waals surface area contributed by atoms with Crippen LogP contribution in [0, 0.1) is 11.6 Å². The summed E-state index contributed by atoms with van der Waals surface area (Å²) in [5.74, 6) is -2.12. The number of hydrogen-bond donors (Lipinski definition) is 1. The number of hydrogen-bond acceptors (Lipinski definition) is 5. The molecule has 3 rings (SSSR count). The van der Waals surface area contributed by atoms with Gasteiger partial charge in [-0.25, -0.2) is 17.2 Å². The summed E-state index contributed by atoms with van der Waals surface area (Å²) in [6.45, 7) is -0.731. The first kappa shape index (κ1) is 25.3. The van der Waals surface area contributed by atoms with E-state index in [0.717, 1.165) is 16.4 Å². The van der Waals surface area contributed by atoms with E-state index in [2.05, 4.69) is 0 Å². The van der Waals surface area contributed by atoms with Crippen molar-refractivity contribution in [2.45, 2.75) is 11.3 Å². The maximum absolute atomic E-state index is 14.3. The zero-order chi connectivity index (χ0) is 25.0. The second-order valence-electron chi connectivity index (χ2n) is 7.14. The Morgan fingerprint density at radius 3 is 2.24 bits per heavy atom. The zero-order valence-corrected chi connectivity index (χ0v) is 19.8. The molecule has 0 bridgehead atoms. The standard InChI is InChI=1S/C23H21ClF2N2O5S/c1-32-21-9-7-16(12-22(21)33-2)34(30,31)28(13-23(27)29)20-8-6-15(24)10-14(20)11-17-18(25)4-3-5-19(17)26/h3-10,12H,11,13H2,1-2H3,(H2,27,29). The van der Waals surface area contributed by atoms with Crippen LogP contribution in [0.15, 0.2) is 59.5 Å². The van der Waals surface area contributed by atoms with Gasteiger partial charge in [0, 0.05) is 23.1 Å². The molecule has 1 amide bonds. The number of nitrogens with two attached hydrogens (primary N) is 1. The lowest BCUT2D eigenvalue weighted by Crippen LogP contribution is -2.39. The lowest BCUT2D eigenvalue weighted by Gasteiger charge is -2.26. The van der Waals surface area contributed by atoms with Crippen LogP contribution >= 0.6 is 11.6 Å². The third-order valence-corrected chi connectivity index (χ3v) is 6.97. The van der Waals surface area contributed by atoms with Crippen LogP contribution in [0.5, 0.6) is 11.5 Å². The van der Waals surface area contributed by atoms with Crippen LogP contribution in [0.1, 0.15) is 11.1 Å². The molecule has 3 aromatic rings. The minimum Gasteiger partial charge on any atom is -0.493 e. The van der Waals surface area contributed by atoms with E-state index in [1.165, 1.54) is 56.7 Å². The number of anilines is 1. The van der Waals surface area contributed by atoms with Gasteiger partial charge in [-0.2, -0.15) is 0 Å². The van der Waals surface area contributed by atoms with E-state index in [-0.39, 0.29) is 38.9 Å². The minimum absolute atomic E-state index is 0.0133. The van der Waals surface area contributed by atoms with Crippen molar-refractivity contribution in [3.8, 4) is 11.5 Å². The minimum atomic E-state index is -4.39. The van der Waals surface area contributed by atoms with E-state index in [4.69, 9.17) is 26.8 Å². The average Bonchev–Trinajstić information content (AvgIpc) is 2.79. The molecule has 0 saturated heterocycles. The molecule has 0 heterocycles. The topological polar surface area (TPSA) is 98.9 Å². The zero-order valence-electron chi connectivity index (χ0n) is 18.2. The molecule has 0 saturated carbocycles. The van der Waals surface area contributed by atoms with Crippen molar-refractivity contribution in [3.63, 3.8) is 0 Å². The van der Waals surface area contributed by atoms with E-state index in [0.29, 0.717) is 5.75 Å². The summed E-state index contributed by atoms with van der Waals surface area (Å²) >= 11 is 6.10. The van der Waals surface area contributed by atoms with Gasteiger partial charge in [-0.05, 0) is 48.0 Å². The van der Waals surface area contributed by atoms with Gasteiger partial charge in [-0.1, -0.05) is 17.7 Å². The van der Waals surface area contributed by atoms with Crippen LogP contribution < -0.4 is 19.5 Å². The Bertz CT molecular complexity index is 1310. The molecule has 0 atom stereocenters. The second-order valence-corrected chi connectivity index (χ2v) is 9.44. The van der Waals surface area contributed by atoms with Crippen LogP contribution in [-0.2, 0) is 21.2 Å². The van der Waals surface area contributed by atoms with Crippen molar-refractivity contribution in [1.82, 2.24) is 0 Å². The predicted molar refractivity (Wildman–Crippen MR) is 124 cm³/mol. The summed E-state index contributed by atoms with van der Waals surface area (Å²) in [4.78, 5) is 11.6. The summed E-state index contributed by atoms with van der Waals surface area (Å²) in [6, 6.07) is 11.4. The van der Waals surface area contributed by atoms with Crippen LogP contribution in [-0.4, -0.2) is 35.1 Å². The number of methoxy groups -OCH3 is 2. The van der Waals surface area contributed by atoms with Crippen molar-refractivity contribution in [2.24, 2.45) is 5.73 Å². The average molecular weight is 511 g/mol. The van der Waals surface area contributed by atoms with E-state index in [1.54, 1.807) is 0 Å². The molecule has 0 unspecified atom stereocenters. The fourth-order valence-corrected chi connectivity index (χ4v) is 5.06. The van der Waals surface area contributed by atoms with Gasteiger partial charge in [0.2, 0.25) is 5.91 Å². The lowest BCUT2D eigenvalue weighted by molar-refractivity contribution is -0.116. The summed E-state index contributed by atoms with van der Waals surface area (Å²) in [7, 11) is -1.65. The van der Waals surface area contributed by atoms with Gasteiger partial charge in [0.05, 0.1) is 24.8 Å². The van der Waals surface area contributed by atoms with Crippen LogP contribution in [0.25, 0.3) is 0 Å². The predicted octanol–water partition coefficient (Wildman–Crippen LogP) is 3.91. The molecule has 0 radical (unpaired) electrons. The Labute approximate surface area is 200 Å². The largest absolute Gasteiger partial charge is 0.493 e. The molecule has 2 N–H and O–H groups in total. The van der Waals surface area contributed by atoms with Gasteiger partial charge in [0.1, 0.15) is 18.2 Å². The number of primary amides is 1. The molecular weight excluding hydrogens is 490 g/mol. The molecule has 0 aliphatic heterocycles. The van der Waals surface area contributed by atoms with Crippen molar-refractivity contribution < 1.29 is 31.5 Å². The smallest absolute Gasteiger partial charge is 0.264 e.